The molecular weight excluding hydrogens is 284 g/mol. The van der Waals surface area contributed by atoms with Crippen LogP contribution in [0.4, 0.5) is 5.69 Å². The first-order chi connectivity index (χ1) is 9.97. The van der Waals surface area contributed by atoms with Crippen LogP contribution in [0.15, 0.2) is 29.2 Å². The Bertz CT molecular complexity index is 585. The second kappa shape index (κ2) is 5.61. The van der Waals surface area contributed by atoms with Crippen LogP contribution in [0, 0.1) is 5.41 Å². The average Bonchev–Trinajstić information content (AvgIpc) is 3.15. The predicted octanol–water partition coefficient (Wildman–Crippen LogP) is 3.12. The maximum absolute atomic E-state index is 12.1. The van der Waals surface area contributed by atoms with Crippen LogP contribution in [0.25, 0.3) is 0 Å². The molecule has 0 amide bonds. The van der Waals surface area contributed by atoms with Gasteiger partial charge in [-0.15, -0.1) is 0 Å². The Morgan fingerprint density at radius 3 is 2.33 bits per heavy atom. The number of nitrogens with one attached hydrogen (secondary N) is 2. The Hall–Kier alpha value is -1.07. The van der Waals surface area contributed by atoms with Crippen molar-refractivity contribution in [2.75, 3.05) is 11.9 Å². The van der Waals surface area contributed by atoms with Crippen molar-refractivity contribution in [3.63, 3.8) is 0 Å². The average molecular weight is 308 g/mol. The van der Waals surface area contributed by atoms with Crippen LogP contribution in [0.3, 0.4) is 0 Å². The summed E-state index contributed by atoms with van der Waals surface area (Å²) in [5.41, 5.74) is 1.38. The fourth-order valence-corrected chi connectivity index (χ4v) is 4.27. The largest absolute Gasteiger partial charge is 0.384 e. The summed E-state index contributed by atoms with van der Waals surface area (Å²) in [6.07, 6.45) is 7.11. The van der Waals surface area contributed by atoms with E-state index in [4.69, 9.17) is 0 Å². The molecule has 2 aliphatic rings. The van der Waals surface area contributed by atoms with Gasteiger partial charge in [0.05, 0.1) is 4.90 Å². The van der Waals surface area contributed by atoms with Crippen LogP contribution in [-0.2, 0) is 10.0 Å². The van der Waals surface area contributed by atoms with Gasteiger partial charge in [-0.05, 0) is 55.4 Å². The molecule has 4 nitrogen and oxygen atoms in total. The molecule has 1 aromatic carbocycles. The highest BCUT2D eigenvalue weighted by molar-refractivity contribution is 7.89. The van der Waals surface area contributed by atoms with E-state index in [1.807, 2.05) is 12.1 Å². The molecule has 2 fully saturated rings. The molecule has 0 radical (unpaired) electrons. The molecule has 2 aliphatic carbocycles. The molecule has 0 aliphatic heterocycles. The second-order valence-corrected chi connectivity index (χ2v) is 8.51. The topological polar surface area (TPSA) is 58.2 Å². The molecule has 0 spiro atoms. The van der Waals surface area contributed by atoms with Crippen LogP contribution in [0.2, 0.25) is 0 Å². The summed E-state index contributed by atoms with van der Waals surface area (Å²) in [4.78, 5) is 0.354. The summed E-state index contributed by atoms with van der Waals surface area (Å²) >= 11 is 0. The van der Waals surface area contributed by atoms with Gasteiger partial charge in [0.15, 0.2) is 0 Å². The van der Waals surface area contributed by atoms with E-state index in [-0.39, 0.29) is 6.04 Å². The monoisotopic (exact) mass is 308 g/mol. The summed E-state index contributed by atoms with van der Waals surface area (Å²) < 4.78 is 26.9. The fraction of sp³-hybridized carbons (Fsp3) is 0.625. The molecule has 0 heterocycles. The lowest BCUT2D eigenvalue weighted by atomic mass is 9.89. The molecular formula is C16H24N2O2S. The van der Waals surface area contributed by atoms with Crippen molar-refractivity contribution >= 4 is 15.7 Å². The smallest absolute Gasteiger partial charge is 0.240 e. The van der Waals surface area contributed by atoms with E-state index in [0.717, 1.165) is 25.1 Å². The SMILES string of the molecule is CC1(CNc2ccc(S(=O)(=O)NC3CC3)cc2)CCCC1. The zero-order chi connectivity index (χ0) is 14.9. The molecule has 0 saturated heterocycles. The van der Waals surface area contributed by atoms with Crippen LogP contribution in [-0.4, -0.2) is 21.0 Å². The van der Waals surface area contributed by atoms with E-state index in [1.165, 1.54) is 25.7 Å². The summed E-state index contributed by atoms with van der Waals surface area (Å²) in [5.74, 6) is 0. The van der Waals surface area contributed by atoms with Gasteiger partial charge in [0.25, 0.3) is 0 Å². The van der Waals surface area contributed by atoms with E-state index >= 15 is 0 Å². The fourth-order valence-electron chi connectivity index (χ4n) is 2.96. The Balaban J connectivity index is 1.61. The lowest BCUT2D eigenvalue weighted by molar-refractivity contribution is 0.362. The number of hydrogen-bond acceptors (Lipinski definition) is 3. The number of hydrogen-bond donors (Lipinski definition) is 2. The maximum Gasteiger partial charge on any atom is 0.240 e. The first-order valence-corrected chi connectivity index (χ1v) is 9.32. The molecule has 1 aromatic rings. The first-order valence-electron chi connectivity index (χ1n) is 7.83. The summed E-state index contributed by atoms with van der Waals surface area (Å²) in [6.45, 7) is 3.28. The lowest BCUT2D eigenvalue weighted by Gasteiger charge is -2.24. The van der Waals surface area contributed by atoms with Gasteiger partial charge in [-0.2, -0.15) is 0 Å². The predicted molar refractivity (Wildman–Crippen MR) is 84.9 cm³/mol. The van der Waals surface area contributed by atoms with Crippen LogP contribution >= 0.6 is 0 Å². The van der Waals surface area contributed by atoms with E-state index < -0.39 is 10.0 Å². The summed E-state index contributed by atoms with van der Waals surface area (Å²) in [6, 6.07) is 7.24. The highest BCUT2D eigenvalue weighted by Gasteiger charge is 2.29. The van der Waals surface area contributed by atoms with Gasteiger partial charge in [-0.3, -0.25) is 0 Å². The maximum atomic E-state index is 12.1. The minimum absolute atomic E-state index is 0.148. The number of rotatable bonds is 6. The zero-order valence-corrected chi connectivity index (χ0v) is 13.4. The molecule has 3 rings (SSSR count). The Labute approximate surface area is 127 Å². The third-order valence-electron chi connectivity index (χ3n) is 4.59. The van der Waals surface area contributed by atoms with Gasteiger partial charge in [0.1, 0.15) is 0 Å². The van der Waals surface area contributed by atoms with E-state index in [9.17, 15) is 8.42 Å². The first kappa shape index (κ1) is 14.9. The van der Waals surface area contributed by atoms with Crippen LogP contribution in [0.5, 0.6) is 0 Å². The van der Waals surface area contributed by atoms with E-state index in [2.05, 4.69) is 17.0 Å². The molecule has 21 heavy (non-hydrogen) atoms. The Kier molecular flexibility index (Phi) is 3.97. The minimum Gasteiger partial charge on any atom is -0.384 e. The third-order valence-corrected chi connectivity index (χ3v) is 6.13. The quantitative estimate of drug-likeness (QED) is 0.849. The van der Waals surface area contributed by atoms with Gasteiger partial charge < -0.3 is 5.32 Å². The third kappa shape index (κ3) is 3.77. The number of sulfonamides is 1. The van der Waals surface area contributed by atoms with Crippen LogP contribution < -0.4 is 10.0 Å². The molecule has 2 N–H and O–H groups in total. The molecule has 0 atom stereocenters. The van der Waals surface area contributed by atoms with Gasteiger partial charge in [0.2, 0.25) is 10.0 Å². The molecule has 0 unspecified atom stereocenters. The second-order valence-electron chi connectivity index (χ2n) is 6.79. The van der Waals surface area contributed by atoms with Crippen molar-refractivity contribution in [1.82, 2.24) is 4.72 Å². The van der Waals surface area contributed by atoms with E-state index in [1.54, 1.807) is 12.1 Å². The Morgan fingerprint density at radius 1 is 1.14 bits per heavy atom. The van der Waals surface area contributed by atoms with Gasteiger partial charge in [-0.25, -0.2) is 13.1 Å². The molecule has 0 bridgehead atoms. The molecule has 0 aromatic heterocycles. The minimum atomic E-state index is -3.33. The van der Waals surface area contributed by atoms with Crippen molar-refractivity contribution in [3.05, 3.63) is 24.3 Å². The Morgan fingerprint density at radius 2 is 1.76 bits per heavy atom. The van der Waals surface area contributed by atoms with Gasteiger partial charge in [-0.1, -0.05) is 19.8 Å². The van der Waals surface area contributed by atoms with Crippen molar-refractivity contribution in [2.24, 2.45) is 5.41 Å². The van der Waals surface area contributed by atoms with Crippen molar-refractivity contribution in [2.45, 2.75) is 56.4 Å². The standard InChI is InChI=1S/C16H24N2O2S/c1-16(10-2-3-11-16)12-17-13-6-8-15(9-7-13)21(19,20)18-14-4-5-14/h6-9,14,17-18H,2-5,10-12H2,1H3. The molecule has 5 heteroatoms. The summed E-state index contributed by atoms with van der Waals surface area (Å²) in [7, 11) is -3.33. The van der Waals surface area contributed by atoms with Crippen molar-refractivity contribution < 1.29 is 8.42 Å². The van der Waals surface area contributed by atoms with E-state index in [0.29, 0.717) is 10.3 Å². The highest BCUT2D eigenvalue weighted by atomic mass is 32.2. The highest BCUT2D eigenvalue weighted by Crippen LogP contribution is 2.37. The van der Waals surface area contributed by atoms with Gasteiger partial charge >= 0.3 is 0 Å². The zero-order valence-electron chi connectivity index (χ0n) is 12.6. The van der Waals surface area contributed by atoms with Crippen molar-refractivity contribution in [3.8, 4) is 0 Å². The molecule has 116 valence electrons. The number of anilines is 1. The lowest BCUT2D eigenvalue weighted by Crippen LogP contribution is -2.25. The summed E-state index contributed by atoms with van der Waals surface area (Å²) in [5, 5.41) is 3.44. The van der Waals surface area contributed by atoms with Gasteiger partial charge in [0, 0.05) is 18.3 Å². The molecule has 2 saturated carbocycles. The number of benzene rings is 1. The normalized spacial score (nSPS) is 21.4. The van der Waals surface area contributed by atoms with Crippen LogP contribution in [0.1, 0.15) is 45.4 Å². The van der Waals surface area contributed by atoms with Crippen molar-refractivity contribution in [1.29, 1.82) is 0 Å².